The van der Waals surface area contributed by atoms with E-state index in [0.717, 1.165) is 18.8 Å². The van der Waals surface area contributed by atoms with E-state index in [1.165, 1.54) is 7.11 Å². The summed E-state index contributed by atoms with van der Waals surface area (Å²) in [6, 6.07) is 0. The van der Waals surface area contributed by atoms with Crippen LogP contribution in [0.2, 0.25) is 0 Å². The van der Waals surface area contributed by atoms with E-state index < -0.39 is 0 Å². The number of hydrogen-bond donors (Lipinski definition) is 0. The van der Waals surface area contributed by atoms with Crippen LogP contribution in [0.3, 0.4) is 0 Å². The van der Waals surface area contributed by atoms with Gasteiger partial charge in [-0.3, -0.25) is 9.69 Å². The fourth-order valence-electron chi connectivity index (χ4n) is 1.61. The van der Waals surface area contributed by atoms with Crippen molar-refractivity contribution in [1.29, 1.82) is 0 Å². The van der Waals surface area contributed by atoms with Gasteiger partial charge in [0.2, 0.25) is 0 Å². The highest BCUT2D eigenvalue weighted by atomic mass is 16.5. The van der Waals surface area contributed by atoms with E-state index in [1.807, 2.05) is 17.8 Å². The van der Waals surface area contributed by atoms with Gasteiger partial charge in [-0.05, 0) is 0 Å². The summed E-state index contributed by atoms with van der Waals surface area (Å²) in [4.78, 5) is 17.4. The molecule has 0 aromatic carbocycles. The number of carbonyl (C=O) groups excluding carboxylic acids is 1. The number of imidazole rings is 1. The van der Waals surface area contributed by atoms with Gasteiger partial charge in [0, 0.05) is 40.0 Å². The molecule has 0 aliphatic rings. The molecule has 0 unspecified atom stereocenters. The first-order chi connectivity index (χ1) is 8.67. The van der Waals surface area contributed by atoms with E-state index >= 15 is 0 Å². The zero-order valence-corrected chi connectivity index (χ0v) is 11.3. The second kappa shape index (κ2) is 7.84. The molecule has 0 spiro atoms. The molecule has 0 aliphatic heterocycles. The Morgan fingerprint density at radius 3 is 2.78 bits per heavy atom. The first-order valence-corrected chi connectivity index (χ1v) is 5.90. The summed E-state index contributed by atoms with van der Waals surface area (Å²) in [5.74, 6) is -0.192. The molecule has 18 heavy (non-hydrogen) atoms. The highest BCUT2D eigenvalue weighted by Crippen LogP contribution is 2.04. The lowest BCUT2D eigenvalue weighted by molar-refractivity contribution is -0.141. The fourth-order valence-corrected chi connectivity index (χ4v) is 1.61. The van der Waals surface area contributed by atoms with Crippen LogP contribution in [-0.4, -0.2) is 54.3 Å². The maximum absolute atomic E-state index is 11.2. The maximum Gasteiger partial charge on any atom is 0.306 e. The standard InChI is InChI=1S/C12H21N3O3/c1-14-10-13-8-11(14)9-15(6-7-17-2)5-4-12(16)18-3/h8,10H,4-7,9H2,1-3H3. The summed E-state index contributed by atoms with van der Waals surface area (Å²) >= 11 is 0. The Morgan fingerprint density at radius 2 is 2.22 bits per heavy atom. The van der Waals surface area contributed by atoms with Crippen LogP contribution in [0.25, 0.3) is 0 Å². The lowest BCUT2D eigenvalue weighted by atomic mass is 10.3. The summed E-state index contributed by atoms with van der Waals surface area (Å²) in [6.07, 6.45) is 3.99. The minimum atomic E-state index is -0.192. The third kappa shape index (κ3) is 4.85. The van der Waals surface area contributed by atoms with Crippen LogP contribution in [0.15, 0.2) is 12.5 Å². The minimum Gasteiger partial charge on any atom is -0.469 e. The molecule has 0 fully saturated rings. The molecule has 0 atom stereocenters. The van der Waals surface area contributed by atoms with Gasteiger partial charge in [-0.25, -0.2) is 4.98 Å². The van der Waals surface area contributed by atoms with Gasteiger partial charge >= 0.3 is 5.97 Å². The molecular weight excluding hydrogens is 234 g/mol. The van der Waals surface area contributed by atoms with Gasteiger partial charge in [0.15, 0.2) is 0 Å². The number of aromatic nitrogens is 2. The predicted octanol–water partition coefficient (Wildman–Crippen LogP) is 0.432. The van der Waals surface area contributed by atoms with E-state index in [2.05, 4.69) is 14.6 Å². The van der Waals surface area contributed by atoms with Gasteiger partial charge in [0.1, 0.15) is 0 Å². The number of nitrogens with zero attached hydrogens (tertiary/aromatic N) is 3. The second-order valence-corrected chi connectivity index (χ2v) is 4.09. The molecule has 0 saturated heterocycles. The van der Waals surface area contributed by atoms with Crippen molar-refractivity contribution in [1.82, 2.24) is 14.5 Å². The van der Waals surface area contributed by atoms with Crippen LogP contribution in [0.5, 0.6) is 0 Å². The van der Waals surface area contributed by atoms with Gasteiger partial charge < -0.3 is 14.0 Å². The molecule has 0 amide bonds. The number of carbonyl (C=O) groups is 1. The highest BCUT2D eigenvalue weighted by molar-refractivity contribution is 5.69. The summed E-state index contributed by atoms with van der Waals surface area (Å²) < 4.78 is 11.7. The first kappa shape index (κ1) is 14.7. The van der Waals surface area contributed by atoms with Crippen LogP contribution in [0, 0.1) is 0 Å². The van der Waals surface area contributed by atoms with E-state index in [-0.39, 0.29) is 5.97 Å². The van der Waals surface area contributed by atoms with Crippen LogP contribution in [-0.2, 0) is 27.9 Å². The number of esters is 1. The second-order valence-electron chi connectivity index (χ2n) is 4.09. The van der Waals surface area contributed by atoms with Gasteiger partial charge in [0.05, 0.1) is 32.2 Å². The summed E-state index contributed by atoms with van der Waals surface area (Å²) in [5.41, 5.74) is 1.11. The number of hydrogen-bond acceptors (Lipinski definition) is 5. The molecule has 0 aliphatic carbocycles. The molecule has 6 heteroatoms. The lowest BCUT2D eigenvalue weighted by Gasteiger charge is -2.21. The van der Waals surface area contributed by atoms with Gasteiger partial charge in [0.25, 0.3) is 0 Å². The van der Waals surface area contributed by atoms with E-state index in [1.54, 1.807) is 13.4 Å². The average molecular weight is 255 g/mol. The van der Waals surface area contributed by atoms with Crippen molar-refractivity contribution in [3.05, 3.63) is 18.2 Å². The highest BCUT2D eigenvalue weighted by Gasteiger charge is 2.10. The molecule has 1 aromatic rings. The third-order valence-corrected chi connectivity index (χ3v) is 2.77. The number of ether oxygens (including phenoxy) is 2. The molecule has 1 rings (SSSR count). The molecule has 0 radical (unpaired) electrons. The normalized spacial score (nSPS) is 10.9. The van der Waals surface area contributed by atoms with Crippen molar-refractivity contribution in [2.75, 3.05) is 33.9 Å². The molecule has 0 N–H and O–H groups in total. The smallest absolute Gasteiger partial charge is 0.306 e. The molecule has 1 aromatic heterocycles. The van der Waals surface area contributed by atoms with Crippen molar-refractivity contribution in [3.63, 3.8) is 0 Å². The average Bonchev–Trinajstić information content (AvgIpc) is 2.77. The van der Waals surface area contributed by atoms with E-state index in [9.17, 15) is 4.79 Å². The predicted molar refractivity (Wildman–Crippen MR) is 67.0 cm³/mol. The van der Waals surface area contributed by atoms with Crippen LogP contribution in [0.4, 0.5) is 0 Å². The van der Waals surface area contributed by atoms with Crippen molar-refractivity contribution in [3.8, 4) is 0 Å². The number of rotatable bonds is 8. The Bertz CT molecular complexity index is 365. The Labute approximate surface area is 108 Å². The zero-order valence-electron chi connectivity index (χ0n) is 11.3. The molecule has 102 valence electrons. The maximum atomic E-state index is 11.2. The van der Waals surface area contributed by atoms with Crippen molar-refractivity contribution >= 4 is 5.97 Å². The first-order valence-electron chi connectivity index (χ1n) is 5.90. The number of methoxy groups -OCH3 is 2. The topological polar surface area (TPSA) is 56.6 Å². The monoisotopic (exact) mass is 255 g/mol. The molecule has 0 bridgehead atoms. The quantitative estimate of drug-likeness (QED) is 0.631. The van der Waals surface area contributed by atoms with Gasteiger partial charge in [-0.1, -0.05) is 0 Å². The van der Waals surface area contributed by atoms with Crippen LogP contribution in [0.1, 0.15) is 12.1 Å². The largest absolute Gasteiger partial charge is 0.469 e. The van der Waals surface area contributed by atoms with Crippen LogP contribution >= 0.6 is 0 Å². The van der Waals surface area contributed by atoms with Crippen LogP contribution < -0.4 is 0 Å². The zero-order chi connectivity index (χ0) is 13.4. The minimum absolute atomic E-state index is 0.192. The SMILES string of the molecule is COCCN(CCC(=O)OC)Cc1cncn1C. The Hall–Kier alpha value is -1.40. The third-order valence-electron chi connectivity index (χ3n) is 2.77. The van der Waals surface area contributed by atoms with Crippen molar-refractivity contribution in [2.45, 2.75) is 13.0 Å². The van der Waals surface area contributed by atoms with E-state index in [4.69, 9.17) is 4.74 Å². The summed E-state index contributed by atoms with van der Waals surface area (Å²) in [5, 5.41) is 0. The summed E-state index contributed by atoms with van der Waals surface area (Å²) in [7, 11) is 5.03. The molecule has 0 saturated carbocycles. The van der Waals surface area contributed by atoms with Gasteiger partial charge in [-0.15, -0.1) is 0 Å². The molecule has 1 heterocycles. The number of aryl methyl sites for hydroxylation is 1. The lowest BCUT2D eigenvalue weighted by Crippen LogP contribution is -2.30. The fraction of sp³-hybridized carbons (Fsp3) is 0.667. The van der Waals surface area contributed by atoms with Crippen molar-refractivity contribution < 1.29 is 14.3 Å². The Balaban J connectivity index is 2.49. The molecule has 6 nitrogen and oxygen atoms in total. The Kier molecular flexibility index (Phi) is 6.38. The van der Waals surface area contributed by atoms with E-state index in [0.29, 0.717) is 19.6 Å². The summed E-state index contributed by atoms with van der Waals surface area (Å²) in [6.45, 7) is 2.82. The van der Waals surface area contributed by atoms with Gasteiger partial charge in [-0.2, -0.15) is 0 Å². The Morgan fingerprint density at radius 1 is 1.44 bits per heavy atom. The van der Waals surface area contributed by atoms with Crippen molar-refractivity contribution in [2.24, 2.45) is 7.05 Å². The molecular formula is C12H21N3O3.